The van der Waals surface area contributed by atoms with Crippen LogP contribution in [0.25, 0.3) is 0 Å². The van der Waals surface area contributed by atoms with Crippen LogP contribution in [0.15, 0.2) is 24.3 Å². The molecular formula is C24H12F18O4. The molecule has 0 saturated heterocycles. The molecule has 22 heteroatoms. The van der Waals surface area contributed by atoms with Crippen molar-refractivity contribution in [3.8, 4) is 11.5 Å². The summed E-state index contributed by atoms with van der Waals surface area (Å²) in [6, 6.07) is -3.69. The summed E-state index contributed by atoms with van der Waals surface area (Å²) in [6.07, 6.45) is -36.3. The molecule has 0 aliphatic carbocycles. The van der Waals surface area contributed by atoms with E-state index in [0.717, 1.165) is 0 Å². The van der Waals surface area contributed by atoms with E-state index in [0.29, 0.717) is 13.8 Å². The van der Waals surface area contributed by atoms with Gasteiger partial charge in [-0.1, -0.05) is 13.8 Å². The van der Waals surface area contributed by atoms with Crippen molar-refractivity contribution < 1.29 is 98.1 Å². The minimum Gasteiger partial charge on any atom is -0.425 e. The van der Waals surface area contributed by atoms with E-state index in [1.165, 1.54) is 0 Å². The average molecular weight is 706 g/mol. The van der Waals surface area contributed by atoms with E-state index in [9.17, 15) is 88.6 Å². The molecule has 2 rings (SSSR count). The van der Waals surface area contributed by atoms with Crippen LogP contribution in [-0.4, -0.2) is 11.9 Å². The van der Waals surface area contributed by atoms with Crippen LogP contribution in [0.1, 0.15) is 47.2 Å². The van der Waals surface area contributed by atoms with E-state index in [1.54, 1.807) is 0 Å². The Kier molecular flexibility index (Phi) is 10.0. The molecule has 0 unspecified atom stereocenters. The van der Waals surface area contributed by atoms with Crippen molar-refractivity contribution in [3.05, 3.63) is 57.6 Å². The van der Waals surface area contributed by atoms with Crippen LogP contribution in [-0.2, 0) is 46.6 Å². The lowest BCUT2D eigenvalue weighted by atomic mass is 9.95. The zero-order chi connectivity index (χ0) is 36.2. The standard InChI is InChI=1S/C24H12F18O4/c1-7(2)14(17(43)45-15-10(21(31,32)33)3-8(19(25,26)27)4-11(15)22(34,35)36)18(44)46-16-12(23(37,38)39)5-9(20(28,29)30)6-13(16)24(40,41)42/h3-7,14H,1-2H3. The summed E-state index contributed by atoms with van der Waals surface area (Å²) in [5, 5.41) is 0. The number of hydrogen-bond donors (Lipinski definition) is 0. The van der Waals surface area contributed by atoms with E-state index in [2.05, 4.69) is 9.47 Å². The Morgan fingerprint density at radius 1 is 0.457 bits per heavy atom. The molecule has 258 valence electrons. The summed E-state index contributed by atoms with van der Waals surface area (Å²) in [6.45, 7) is 1.38. The van der Waals surface area contributed by atoms with Gasteiger partial charge in [-0.3, -0.25) is 9.59 Å². The molecule has 0 saturated carbocycles. The minimum atomic E-state index is -6.14. The number of rotatable bonds is 5. The lowest BCUT2D eigenvalue weighted by Crippen LogP contribution is -2.37. The van der Waals surface area contributed by atoms with Gasteiger partial charge in [-0.2, -0.15) is 79.0 Å². The molecule has 0 heterocycles. The quantitative estimate of drug-likeness (QED) is 0.135. The molecular weight excluding hydrogens is 694 g/mol. The molecule has 46 heavy (non-hydrogen) atoms. The fourth-order valence-electron chi connectivity index (χ4n) is 3.62. The van der Waals surface area contributed by atoms with Crippen LogP contribution in [0.5, 0.6) is 11.5 Å². The van der Waals surface area contributed by atoms with Crippen molar-refractivity contribution in [2.24, 2.45) is 11.8 Å². The third-order valence-corrected chi connectivity index (χ3v) is 5.63. The predicted molar refractivity (Wildman–Crippen MR) is 112 cm³/mol. The van der Waals surface area contributed by atoms with Crippen LogP contribution in [0.2, 0.25) is 0 Å². The van der Waals surface area contributed by atoms with Crippen LogP contribution in [0.4, 0.5) is 79.0 Å². The van der Waals surface area contributed by atoms with Gasteiger partial charge in [0.25, 0.3) is 0 Å². The Bertz CT molecular complexity index is 1290. The van der Waals surface area contributed by atoms with Crippen molar-refractivity contribution in [1.82, 2.24) is 0 Å². The molecule has 2 aromatic rings. The highest BCUT2D eigenvalue weighted by molar-refractivity contribution is 5.97. The third-order valence-electron chi connectivity index (χ3n) is 5.63. The number of carbonyl (C=O) groups is 2. The van der Waals surface area contributed by atoms with Gasteiger partial charge < -0.3 is 9.47 Å². The number of ether oxygens (including phenoxy) is 2. The van der Waals surface area contributed by atoms with Gasteiger partial charge in [0.2, 0.25) is 0 Å². The number of esters is 2. The maximum atomic E-state index is 13.6. The van der Waals surface area contributed by atoms with Crippen LogP contribution in [0.3, 0.4) is 0 Å². The average Bonchev–Trinajstić information content (AvgIpc) is 2.79. The summed E-state index contributed by atoms with van der Waals surface area (Å²) in [5.74, 6) is -15.4. The summed E-state index contributed by atoms with van der Waals surface area (Å²) in [7, 11) is 0. The van der Waals surface area contributed by atoms with Crippen LogP contribution < -0.4 is 9.47 Å². The number of carbonyl (C=O) groups excluding carboxylic acids is 2. The third kappa shape index (κ3) is 8.68. The zero-order valence-corrected chi connectivity index (χ0v) is 21.9. The largest absolute Gasteiger partial charge is 0.425 e. The highest BCUT2D eigenvalue weighted by atomic mass is 19.4. The number of benzene rings is 2. The van der Waals surface area contributed by atoms with Crippen molar-refractivity contribution in [3.63, 3.8) is 0 Å². The lowest BCUT2D eigenvalue weighted by molar-refractivity contribution is -0.157. The molecule has 0 aliphatic rings. The Hall–Kier alpha value is -3.88. The van der Waals surface area contributed by atoms with Gasteiger partial charge >= 0.3 is 49.0 Å². The molecule has 4 nitrogen and oxygen atoms in total. The first-order chi connectivity index (χ1) is 20.3. The van der Waals surface area contributed by atoms with Gasteiger partial charge in [-0.25, -0.2) is 0 Å². The van der Waals surface area contributed by atoms with E-state index >= 15 is 0 Å². The predicted octanol–water partition coefficient (Wildman–Crippen LogP) is 9.58. The molecule has 0 bridgehead atoms. The van der Waals surface area contributed by atoms with Crippen molar-refractivity contribution in [2.75, 3.05) is 0 Å². The Morgan fingerprint density at radius 2 is 0.674 bits per heavy atom. The molecule has 2 aromatic carbocycles. The van der Waals surface area contributed by atoms with Crippen LogP contribution >= 0.6 is 0 Å². The molecule has 0 N–H and O–H groups in total. The topological polar surface area (TPSA) is 52.6 Å². The summed E-state index contributed by atoms with van der Waals surface area (Å²) >= 11 is 0. The fraction of sp³-hybridized carbons (Fsp3) is 0.417. The molecule has 0 radical (unpaired) electrons. The first-order valence-electron chi connectivity index (χ1n) is 11.5. The first-order valence-corrected chi connectivity index (χ1v) is 11.5. The molecule has 0 aliphatic heterocycles. The Morgan fingerprint density at radius 3 is 0.826 bits per heavy atom. The summed E-state index contributed by atoms with van der Waals surface area (Å²) in [4.78, 5) is 25.4. The highest BCUT2D eigenvalue weighted by Gasteiger charge is 2.49. The summed E-state index contributed by atoms with van der Waals surface area (Å²) < 4.78 is 249. The second kappa shape index (κ2) is 12.0. The molecule has 0 fully saturated rings. The SMILES string of the molecule is CC(C)C(C(=O)Oc1c(C(F)(F)F)cc(C(F)(F)F)cc1C(F)(F)F)C(=O)Oc1c(C(F)(F)F)cc(C(F)(F)F)cc1C(F)(F)F. The van der Waals surface area contributed by atoms with E-state index in [1.807, 2.05) is 0 Å². The molecule has 0 spiro atoms. The molecule has 0 atom stereocenters. The summed E-state index contributed by atoms with van der Waals surface area (Å²) in [5.41, 5.74) is -16.6. The minimum absolute atomic E-state index is 0.692. The van der Waals surface area contributed by atoms with Crippen molar-refractivity contribution in [2.45, 2.75) is 50.9 Å². The first kappa shape index (κ1) is 38.3. The second-order valence-electron chi connectivity index (χ2n) is 9.35. The van der Waals surface area contributed by atoms with Gasteiger partial charge in [0.05, 0.1) is 33.4 Å². The van der Waals surface area contributed by atoms with Crippen LogP contribution in [0, 0.1) is 11.8 Å². The maximum absolute atomic E-state index is 13.6. The lowest BCUT2D eigenvalue weighted by Gasteiger charge is -2.24. The van der Waals surface area contributed by atoms with Crippen molar-refractivity contribution in [1.29, 1.82) is 0 Å². The van der Waals surface area contributed by atoms with Gasteiger partial charge in [-0.15, -0.1) is 0 Å². The Balaban J connectivity index is 2.78. The Labute approximate surface area is 242 Å². The normalized spacial score (nSPS) is 13.8. The van der Waals surface area contributed by atoms with Gasteiger partial charge in [0, 0.05) is 0 Å². The smallest absolute Gasteiger partial charge is 0.420 e. The second-order valence-corrected chi connectivity index (χ2v) is 9.35. The van der Waals surface area contributed by atoms with Gasteiger partial charge in [0.1, 0.15) is 0 Å². The van der Waals surface area contributed by atoms with Gasteiger partial charge in [-0.05, 0) is 30.2 Å². The van der Waals surface area contributed by atoms with E-state index in [4.69, 9.17) is 0 Å². The molecule has 0 aromatic heterocycles. The highest BCUT2D eigenvalue weighted by Crippen LogP contribution is 2.49. The fourth-order valence-corrected chi connectivity index (χ4v) is 3.62. The number of halogens is 18. The molecule has 0 amide bonds. The van der Waals surface area contributed by atoms with E-state index < -0.39 is 130 Å². The number of hydrogen-bond acceptors (Lipinski definition) is 4. The monoisotopic (exact) mass is 706 g/mol. The van der Waals surface area contributed by atoms with Gasteiger partial charge in [0.15, 0.2) is 17.4 Å². The number of alkyl halides is 18. The van der Waals surface area contributed by atoms with E-state index in [-0.39, 0.29) is 0 Å². The zero-order valence-electron chi connectivity index (χ0n) is 21.9. The van der Waals surface area contributed by atoms with Crippen molar-refractivity contribution >= 4 is 11.9 Å². The maximum Gasteiger partial charge on any atom is 0.420 e.